The standard InChI is InChI=1S/C32H25N3O6S/c36-27-18-21(29(37)38)16-17-22(27)19-41-35-28(30(39)40)26-20-42-31(33-26)34-32(23-10-4-1-5-11-23,24-12-6-2-7-13-24)25-14-8-3-9-15-25/h1-18,20,36H,19H2,(H,33,34)(H,37,38)(H,39,40)/b35-28-. The number of oxime groups is 1. The lowest BCUT2D eigenvalue weighted by molar-refractivity contribution is -0.129. The van der Waals surface area contributed by atoms with Crippen LogP contribution in [0.4, 0.5) is 5.13 Å². The lowest BCUT2D eigenvalue weighted by atomic mass is 9.77. The number of thiazole rings is 1. The molecule has 0 fully saturated rings. The molecule has 5 rings (SSSR count). The Morgan fingerprint density at radius 2 is 1.38 bits per heavy atom. The van der Waals surface area contributed by atoms with Crippen LogP contribution in [0.2, 0.25) is 0 Å². The molecule has 0 amide bonds. The van der Waals surface area contributed by atoms with Gasteiger partial charge in [0.05, 0.1) is 5.56 Å². The molecular formula is C32H25N3O6S. The van der Waals surface area contributed by atoms with E-state index in [1.54, 1.807) is 5.38 Å². The molecule has 0 aliphatic rings. The third kappa shape index (κ3) is 5.84. The van der Waals surface area contributed by atoms with Crippen molar-refractivity contribution in [1.82, 2.24) is 4.98 Å². The number of aliphatic carboxylic acids is 1. The summed E-state index contributed by atoms with van der Waals surface area (Å²) in [6.45, 7) is -0.281. The first kappa shape index (κ1) is 28.1. The lowest BCUT2D eigenvalue weighted by Crippen LogP contribution is -2.38. The van der Waals surface area contributed by atoms with Gasteiger partial charge in [-0.05, 0) is 28.8 Å². The van der Waals surface area contributed by atoms with E-state index in [1.807, 2.05) is 91.0 Å². The van der Waals surface area contributed by atoms with Crippen molar-refractivity contribution < 1.29 is 29.7 Å². The Bertz CT molecular complexity index is 1630. The van der Waals surface area contributed by atoms with Crippen LogP contribution in [-0.4, -0.2) is 38.0 Å². The molecule has 0 aliphatic heterocycles. The monoisotopic (exact) mass is 579 g/mol. The number of carboxylic acid groups (broad SMARTS) is 2. The van der Waals surface area contributed by atoms with E-state index in [9.17, 15) is 19.8 Å². The molecular weight excluding hydrogens is 554 g/mol. The molecule has 210 valence electrons. The van der Waals surface area contributed by atoms with Crippen LogP contribution in [0.3, 0.4) is 0 Å². The molecule has 0 spiro atoms. The van der Waals surface area contributed by atoms with Crippen LogP contribution in [0.25, 0.3) is 0 Å². The highest BCUT2D eigenvalue weighted by Crippen LogP contribution is 2.40. The predicted octanol–water partition coefficient (Wildman–Crippen LogP) is 5.96. The SMILES string of the molecule is O=C(O)/C(=N\OCc1ccc(C(=O)O)cc1O)c1csc(NC(c2ccccc2)(c2ccccc2)c2ccccc2)n1. The van der Waals surface area contributed by atoms with Crippen molar-refractivity contribution in [2.75, 3.05) is 5.32 Å². The number of carbonyl (C=O) groups is 2. The van der Waals surface area contributed by atoms with E-state index in [2.05, 4.69) is 15.5 Å². The number of rotatable bonds is 11. The molecule has 9 nitrogen and oxygen atoms in total. The second kappa shape index (κ2) is 12.4. The molecule has 4 N–H and O–H groups in total. The number of aromatic nitrogens is 1. The van der Waals surface area contributed by atoms with Crippen LogP contribution in [0.5, 0.6) is 5.75 Å². The van der Waals surface area contributed by atoms with Crippen LogP contribution < -0.4 is 5.32 Å². The maximum Gasteiger partial charge on any atom is 0.360 e. The number of anilines is 1. The van der Waals surface area contributed by atoms with Crippen molar-refractivity contribution in [3.63, 3.8) is 0 Å². The van der Waals surface area contributed by atoms with E-state index < -0.39 is 23.2 Å². The van der Waals surface area contributed by atoms with Gasteiger partial charge in [-0.2, -0.15) is 0 Å². The summed E-state index contributed by atoms with van der Waals surface area (Å²) < 4.78 is 0. The Labute approximate surface area is 245 Å². The minimum absolute atomic E-state index is 0.0866. The Hall–Kier alpha value is -5.48. The summed E-state index contributed by atoms with van der Waals surface area (Å²) in [5, 5.41) is 38.4. The van der Waals surface area contributed by atoms with Gasteiger partial charge in [0.15, 0.2) is 5.13 Å². The van der Waals surface area contributed by atoms with E-state index in [1.165, 1.54) is 23.5 Å². The van der Waals surface area contributed by atoms with Gasteiger partial charge in [0, 0.05) is 10.9 Å². The quantitative estimate of drug-likeness (QED) is 0.0854. The molecule has 42 heavy (non-hydrogen) atoms. The summed E-state index contributed by atoms with van der Waals surface area (Å²) >= 11 is 1.23. The Balaban J connectivity index is 1.48. The molecule has 0 bridgehead atoms. The van der Waals surface area contributed by atoms with Gasteiger partial charge in [0.2, 0.25) is 5.71 Å². The highest BCUT2D eigenvalue weighted by molar-refractivity contribution is 7.14. The van der Waals surface area contributed by atoms with Crippen LogP contribution in [0.15, 0.2) is 120 Å². The van der Waals surface area contributed by atoms with E-state index in [4.69, 9.17) is 9.94 Å². The van der Waals surface area contributed by atoms with Crippen LogP contribution in [0, 0.1) is 0 Å². The molecule has 5 aromatic rings. The number of carboxylic acids is 2. The molecule has 0 atom stereocenters. The Morgan fingerprint density at radius 1 is 0.833 bits per heavy atom. The zero-order valence-electron chi connectivity index (χ0n) is 22.0. The van der Waals surface area contributed by atoms with Gasteiger partial charge in [-0.25, -0.2) is 14.6 Å². The number of phenolic OH excluding ortho intramolecular Hbond substituents is 1. The second-order valence-electron chi connectivity index (χ2n) is 9.18. The van der Waals surface area contributed by atoms with Gasteiger partial charge in [-0.1, -0.05) is 102 Å². The molecule has 10 heteroatoms. The zero-order valence-corrected chi connectivity index (χ0v) is 22.9. The third-order valence-corrected chi connectivity index (χ3v) is 7.33. The smallest absolute Gasteiger partial charge is 0.360 e. The highest BCUT2D eigenvalue weighted by Gasteiger charge is 2.37. The topological polar surface area (TPSA) is 141 Å². The van der Waals surface area contributed by atoms with Crippen LogP contribution >= 0.6 is 11.3 Å². The van der Waals surface area contributed by atoms with Crippen molar-refractivity contribution in [2.45, 2.75) is 12.1 Å². The summed E-state index contributed by atoms with van der Waals surface area (Å²) in [5.74, 6) is -2.84. The van der Waals surface area contributed by atoms with Gasteiger partial charge in [0.25, 0.3) is 0 Å². The fourth-order valence-corrected chi connectivity index (χ4v) is 5.31. The molecule has 4 aromatic carbocycles. The van der Waals surface area contributed by atoms with Gasteiger partial charge < -0.3 is 25.5 Å². The molecule has 0 unspecified atom stereocenters. The van der Waals surface area contributed by atoms with Gasteiger partial charge >= 0.3 is 11.9 Å². The van der Waals surface area contributed by atoms with E-state index in [-0.39, 0.29) is 29.2 Å². The predicted molar refractivity (Wildman–Crippen MR) is 159 cm³/mol. The van der Waals surface area contributed by atoms with Gasteiger partial charge in [-0.15, -0.1) is 11.3 Å². The molecule has 1 aromatic heterocycles. The largest absolute Gasteiger partial charge is 0.508 e. The number of hydrogen-bond acceptors (Lipinski definition) is 8. The minimum Gasteiger partial charge on any atom is -0.508 e. The summed E-state index contributed by atoms with van der Waals surface area (Å²) in [6.07, 6.45) is 0. The maximum absolute atomic E-state index is 12.1. The number of phenols is 1. The van der Waals surface area contributed by atoms with Crippen LogP contribution in [0.1, 0.15) is 38.3 Å². The third-order valence-electron chi connectivity index (χ3n) is 6.57. The zero-order chi connectivity index (χ0) is 29.5. The summed E-state index contributed by atoms with van der Waals surface area (Å²) in [6, 6.07) is 33.5. The lowest BCUT2D eigenvalue weighted by Gasteiger charge is -2.36. The fraction of sp³-hybridized carbons (Fsp3) is 0.0625. The fourth-order valence-electron chi connectivity index (χ4n) is 4.56. The average Bonchev–Trinajstić information content (AvgIpc) is 3.47. The van der Waals surface area contributed by atoms with Crippen molar-refractivity contribution in [3.05, 3.63) is 148 Å². The van der Waals surface area contributed by atoms with E-state index in [0.717, 1.165) is 22.8 Å². The molecule has 0 saturated carbocycles. The van der Waals surface area contributed by atoms with Crippen molar-refractivity contribution in [2.24, 2.45) is 5.16 Å². The number of benzene rings is 4. The average molecular weight is 580 g/mol. The van der Waals surface area contributed by atoms with E-state index in [0.29, 0.717) is 5.13 Å². The van der Waals surface area contributed by atoms with Crippen molar-refractivity contribution in [3.8, 4) is 5.75 Å². The first-order valence-electron chi connectivity index (χ1n) is 12.8. The summed E-state index contributed by atoms with van der Waals surface area (Å²) in [7, 11) is 0. The van der Waals surface area contributed by atoms with E-state index >= 15 is 0 Å². The number of aromatic hydroxyl groups is 1. The maximum atomic E-state index is 12.1. The minimum atomic E-state index is -1.35. The van der Waals surface area contributed by atoms with Crippen molar-refractivity contribution in [1.29, 1.82) is 0 Å². The summed E-state index contributed by atoms with van der Waals surface area (Å²) in [5.41, 5.74) is 1.85. The molecule has 0 saturated heterocycles. The molecule has 1 heterocycles. The highest BCUT2D eigenvalue weighted by atomic mass is 32.1. The summed E-state index contributed by atoms with van der Waals surface area (Å²) in [4.78, 5) is 33.0. The first-order valence-corrected chi connectivity index (χ1v) is 13.7. The number of nitrogens with one attached hydrogen (secondary N) is 1. The molecule has 0 radical (unpaired) electrons. The normalized spacial score (nSPS) is 11.6. The van der Waals surface area contributed by atoms with Crippen molar-refractivity contribution >= 4 is 34.1 Å². The second-order valence-corrected chi connectivity index (χ2v) is 10.0. The number of nitrogens with zero attached hydrogens (tertiary/aromatic N) is 2. The van der Waals surface area contributed by atoms with Crippen LogP contribution in [-0.2, 0) is 21.8 Å². The first-order chi connectivity index (χ1) is 20.4. The van der Waals surface area contributed by atoms with Gasteiger partial charge in [-0.3, -0.25) is 0 Å². The Kier molecular flexibility index (Phi) is 8.26. The Morgan fingerprint density at radius 3 is 1.86 bits per heavy atom. The number of aromatic carboxylic acids is 1. The molecule has 0 aliphatic carbocycles. The van der Waals surface area contributed by atoms with Gasteiger partial charge in [0.1, 0.15) is 23.6 Å². The number of hydrogen-bond donors (Lipinski definition) is 4.